The second-order valence-corrected chi connectivity index (χ2v) is 5.35. The fraction of sp³-hybridized carbons (Fsp3) is 0.231. The number of fused-ring (bicyclic) bond motifs is 1. The van der Waals surface area contributed by atoms with Crippen molar-refractivity contribution in [3.8, 4) is 11.5 Å². The summed E-state index contributed by atoms with van der Waals surface area (Å²) >= 11 is 1.37. The monoisotopic (exact) mass is 319 g/mol. The van der Waals surface area contributed by atoms with Gasteiger partial charge < -0.3 is 14.8 Å². The Hall–Kier alpha value is -2.68. The predicted molar refractivity (Wildman–Crippen MR) is 79.4 cm³/mol. The molecule has 2 aromatic heterocycles. The highest BCUT2D eigenvalue weighted by Gasteiger charge is 2.12. The first-order chi connectivity index (χ1) is 10.7. The van der Waals surface area contributed by atoms with Crippen molar-refractivity contribution in [1.29, 1.82) is 0 Å². The van der Waals surface area contributed by atoms with E-state index in [2.05, 4.69) is 20.6 Å². The van der Waals surface area contributed by atoms with Gasteiger partial charge in [-0.25, -0.2) is 0 Å². The molecule has 114 valence electrons. The lowest BCUT2D eigenvalue weighted by Gasteiger charge is -2.09. The highest BCUT2D eigenvalue weighted by atomic mass is 32.1. The Kier molecular flexibility index (Phi) is 3.88. The van der Waals surface area contributed by atoms with E-state index in [4.69, 9.17) is 9.47 Å². The molecule has 0 atom stereocenters. The topological polar surface area (TPSA) is 90.6 Å². The normalized spacial score (nSPS) is 10.6. The van der Waals surface area contributed by atoms with Crippen LogP contribution >= 0.6 is 11.3 Å². The third-order valence-corrected chi connectivity index (χ3v) is 3.89. The van der Waals surface area contributed by atoms with Gasteiger partial charge in [-0.15, -0.1) is 10.2 Å². The summed E-state index contributed by atoms with van der Waals surface area (Å²) in [5, 5.41) is 15.4. The van der Waals surface area contributed by atoms with Crippen LogP contribution in [0.4, 0.5) is 0 Å². The molecular formula is C13H13N5O3S. The van der Waals surface area contributed by atoms with Crippen LogP contribution in [0.5, 0.6) is 11.5 Å². The fourth-order valence-electron chi connectivity index (χ4n) is 1.91. The maximum Gasteiger partial charge on any atom is 0.251 e. The molecule has 0 saturated carbocycles. The molecular weight excluding hydrogens is 306 g/mol. The lowest BCUT2D eigenvalue weighted by atomic mass is 10.2. The van der Waals surface area contributed by atoms with Gasteiger partial charge in [-0.2, -0.15) is 9.61 Å². The minimum atomic E-state index is -0.216. The second kappa shape index (κ2) is 5.98. The number of nitrogens with zero attached hydrogens (tertiary/aromatic N) is 4. The van der Waals surface area contributed by atoms with E-state index in [1.165, 1.54) is 24.8 Å². The number of carbonyl (C=O) groups excluding carboxylic acids is 1. The molecule has 0 aliphatic carbocycles. The molecule has 0 fully saturated rings. The Morgan fingerprint density at radius 3 is 2.86 bits per heavy atom. The molecule has 3 rings (SSSR count). The van der Waals surface area contributed by atoms with Crippen molar-refractivity contribution >= 4 is 22.2 Å². The number of methoxy groups -OCH3 is 2. The molecule has 0 aliphatic heterocycles. The SMILES string of the molecule is COc1ccc(C(=O)NCc2nn3cnnc3s2)cc1OC. The summed E-state index contributed by atoms with van der Waals surface area (Å²) in [6, 6.07) is 5.00. The molecule has 0 aliphatic rings. The lowest BCUT2D eigenvalue weighted by Crippen LogP contribution is -2.22. The van der Waals surface area contributed by atoms with Gasteiger partial charge >= 0.3 is 0 Å². The summed E-state index contributed by atoms with van der Waals surface area (Å²) in [4.78, 5) is 12.9. The molecule has 1 N–H and O–H groups in total. The smallest absolute Gasteiger partial charge is 0.251 e. The highest BCUT2D eigenvalue weighted by Crippen LogP contribution is 2.27. The van der Waals surface area contributed by atoms with E-state index in [1.54, 1.807) is 29.8 Å². The Labute approximate surface area is 129 Å². The molecule has 8 nitrogen and oxygen atoms in total. The Bertz CT molecular complexity index is 784. The van der Waals surface area contributed by atoms with Gasteiger partial charge in [0.1, 0.15) is 11.3 Å². The van der Waals surface area contributed by atoms with Crippen LogP contribution in [0.1, 0.15) is 15.4 Å². The summed E-state index contributed by atoms with van der Waals surface area (Å²) in [5.41, 5.74) is 0.487. The number of ether oxygens (including phenoxy) is 2. The molecule has 1 amide bonds. The summed E-state index contributed by atoms with van der Waals surface area (Å²) in [6.45, 7) is 0.321. The molecule has 0 radical (unpaired) electrons. The minimum Gasteiger partial charge on any atom is -0.493 e. The Morgan fingerprint density at radius 2 is 2.14 bits per heavy atom. The summed E-state index contributed by atoms with van der Waals surface area (Å²) < 4.78 is 11.9. The Morgan fingerprint density at radius 1 is 1.32 bits per heavy atom. The number of aromatic nitrogens is 4. The van der Waals surface area contributed by atoms with Gasteiger partial charge in [0.2, 0.25) is 4.96 Å². The zero-order chi connectivity index (χ0) is 15.5. The average molecular weight is 319 g/mol. The summed E-state index contributed by atoms with van der Waals surface area (Å²) in [7, 11) is 3.07. The van der Waals surface area contributed by atoms with Crippen LogP contribution in [0.2, 0.25) is 0 Å². The molecule has 0 unspecified atom stereocenters. The van der Waals surface area contributed by atoms with E-state index >= 15 is 0 Å². The molecule has 0 bridgehead atoms. The molecule has 1 aromatic carbocycles. The van der Waals surface area contributed by atoms with Crippen LogP contribution in [0.15, 0.2) is 24.5 Å². The molecule has 0 saturated heterocycles. The van der Waals surface area contributed by atoms with Crippen molar-refractivity contribution in [1.82, 2.24) is 25.1 Å². The van der Waals surface area contributed by atoms with E-state index in [-0.39, 0.29) is 5.91 Å². The van der Waals surface area contributed by atoms with Gasteiger partial charge in [0.15, 0.2) is 11.5 Å². The number of benzene rings is 1. The highest BCUT2D eigenvalue weighted by molar-refractivity contribution is 7.16. The van der Waals surface area contributed by atoms with E-state index in [9.17, 15) is 4.79 Å². The zero-order valence-corrected chi connectivity index (χ0v) is 12.8. The van der Waals surface area contributed by atoms with Gasteiger partial charge in [0.05, 0.1) is 20.8 Å². The van der Waals surface area contributed by atoms with Crippen molar-refractivity contribution < 1.29 is 14.3 Å². The number of amides is 1. The van der Waals surface area contributed by atoms with E-state index in [1.807, 2.05) is 0 Å². The number of nitrogens with one attached hydrogen (secondary N) is 1. The van der Waals surface area contributed by atoms with E-state index in [0.29, 0.717) is 28.6 Å². The number of rotatable bonds is 5. The van der Waals surface area contributed by atoms with Crippen molar-refractivity contribution in [3.05, 3.63) is 35.1 Å². The quantitative estimate of drug-likeness (QED) is 0.758. The third kappa shape index (κ3) is 2.70. The first kappa shape index (κ1) is 14.3. The molecule has 9 heteroatoms. The maximum atomic E-state index is 12.2. The van der Waals surface area contributed by atoms with Gasteiger partial charge in [-0.3, -0.25) is 4.79 Å². The molecule has 0 spiro atoms. The van der Waals surface area contributed by atoms with E-state index < -0.39 is 0 Å². The van der Waals surface area contributed by atoms with Gasteiger partial charge in [-0.05, 0) is 18.2 Å². The summed E-state index contributed by atoms with van der Waals surface area (Å²) in [5.74, 6) is 0.869. The van der Waals surface area contributed by atoms with E-state index in [0.717, 1.165) is 5.01 Å². The van der Waals surface area contributed by atoms with Crippen molar-refractivity contribution in [3.63, 3.8) is 0 Å². The number of hydrogen-bond acceptors (Lipinski definition) is 7. The standard InChI is InChI=1S/C13H13N5O3S/c1-20-9-4-3-8(5-10(9)21-2)12(19)14-6-11-17-18-7-15-16-13(18)22-11/h3-5,7H,6H2,1-2H3,(H,14,19). The van der Waals surface area contributed by atoms with Gasteiger partial charge in [0.25, 0.3) is 5.91 Å². The number of hydrogen-bond donors (Lipinski definition) is 1. The molecule has 2 heterocycles. The Balaban J connectivity index is 1.70. The number of carbonyl (C=O) groups is 1. The third-order valence-electron chi connectivity index (χ3n) is 2.97. The molecule has 22 heavy (non-hydrogen) atoms. The predicted octanol–water partition coefficient (Wildman–Crippen LogP) is 1.13. The van der Waals surface area contributed by atoms with Crippen LogP contribution in [0, 0.1) is 0 Å². The average Bonchev–Trinajstić information content (AvgIpc) is 3.13. The summed E-state index contributed by atoms with van der Waals surface area (Å²) in [6.07, 6.45) is 1.52. The van der Waals surface area contributed by atoms with Gasteiger partial charge in [-0.1, -0.05) is 11.3 Å². The zero-order valence-electron chi connectivity index (χ0n) is 11.9. The fourth-order valence-corrected chi connectivity index (χ4v) is 2.66. The first-order valence-corrected chi connectivity index (χ1v) is 7.19. The van der Waals surface area contributed by atoms with Crippen LogP contribution in [-0.2, 0) is 6.54 Å². The van der Waals surface area contributed by atoms with Crippen molar-refractivity contribution in [2.24, 2.45) is 0 Å². The van der Waals surface area contributed by atoms with Crippen LogP contribution < -0.4 is 14.8 Å². The second-order valence-electron chi connectivity index (χ2n) is 4.31. The van der Waals surface area contributed by atoms with Crippen molar-refractivity contribution in [2.45, 2.75) is 6.54 Å². The lowest BCUT2D eigenvalue weighted by molar-refractivity contribution is 0.0950. The largest absolute Gasteiger partial charge is 0.493 e. The van der Waals surface area contributed by atoms with Gasteiger partial charge in [0, 0.05) is 5.56 Å². The van der Waals surface area contributed by atoms with Crippen molar-refractivity contribution in [2.75, 3.05) is 14.2 Å². The maximum absolute atomic E-state index is 12.2. The minimum absolute atomic E-state index is 0.216. The molecule has 3 aromatic rings. The van der Waals surface area contributed by atoms with Crippen LogP contribution in [0.25, 0.3) is 4.96 Å². The first-order valence-electron chi connectivity index (χ1n) is 6.37. The van der Waals surface area contributed by atoms with Crippen LogP contribution in [-0.4, -0.2) is 39.9 Å². The van der Waals surface area contributed by atoms with Crippen LogP contribution in [0.3, 0.4) is 0 Å².